The molecule has 2 aliphatic heterocycles. The molecule has 1 atom stereocenters. The summed E-state index contributed by atoms with van der Waals surface area (Å²) in [6.45, 7) is 3.21. The zero-order chi connectivity index (χ0) is 18.1. The first kappa shape index (κ1) is 17.0. The van der Waals surface area contributed by atoms with Crippen molar-refractivity contribution in [2.75, 3.05) is 30.0 Å². The van der Waals surface area contributed by atoms with E-state index in [1.54, 1.807) is 4.90 Å². The molecule has 3 heterocycles. The molecular weight excluding hydrogens is 354 g/mol. The van der Waals surface area contributed by atoms with Gasteiger partial charge in [-0.3, -0.25) is 14.9 Å². The Kier molecular flexibility index (Phi) is 4.60. The van der Waals surface area contributed by atoms with Crippen molar-refractivity contribution in [3.05, 3.63) is 23.6 Å². The highest BCUT2D eigenvalue weighted by atomic mass is 32.1. The molecule has 26 heavy (non-hydrogen) atoms. The van der Waals surface area contributed by atoms with Gasteiger partial charge in [-0.15, -0.1) is 11.3 Å². The van der Waals surface area contributed by atoms with Crippen LogP contribution in [0, 0.1) is 0 Å². The second-order valence-corrected chi connectivity index (χ2v) is 7.00. The summed E-state index contributed by atoms with van der Waals surface area (Å²) >= 11 is 1.37. The summed E-state index contributed by atoms with van der Waals surface area (Å²) in [6.07, 6.45) is 1.27. The number of amides is 2. The first-order valence-electron chi connectivity index (χ1n) is 8.61. The number of benzene rings is 1. The molecule has 0 saturated carbocycles. The molecule has 1 unspecified atom stereocenters. The van der Waals surface area contributed by atoms with Gasteiger partial charge in [-0.05, 0) is 38.0 Å². The van der Waals surface area contributed by atoms with Crippen LogP contribution < -0.4 is 15.0 Å². The number of hydrogen-bond donors (Lipinski definition) is 1. The van der Waals surface area contributed by atoms with Gasteiger partial charge >= 0.3 is 0 Å². The number of carbonyl (C=O) groups is 2. The molecule has 0 bridgehead atoms. The number of aromatic nitrogens is 1. The van der Waals surface area contributed by atoms with Gasteiger partial charge in [0.15, 0.2) is 11.7 Å². The Bertz CT molecular complexity index is 845. The lowest BCUT2D eigenvalue weighted by atomic mass is 10.1. The van der Waals surface area contributed by atoms with E-state index >= 15 is 0 Å². The zero-order valence-electron chi connectivity index (χ0n) is 14.4. The van der Waals surface area contributed by atoms with Gasteiger partial charge in [0.25, 0.3) is 11.8 Å². The normalized spacial score (nSPS) is 19.2. The topological polar surface area (TPSA) is 80.8 Å². The van der Waals surface area contributed by atoms with Gasteiger partial charge in [-0.2, -0.15) is 0 Å². The molecule has 2 amide bonds. The number of nitrogens with zero attached hydrogens (tertiary/aromatic N) is 2. The van der Waals surface area contributed by atoms with Crippen LogP contribution in [0.5, 0.6) is 5.75 Å². The number of likely N-dealkylation sites (N-methyl/N-ethyl adjacent to an activating group) is 1. The third kappa shape index (κ3) is 3.17. The van der Waals surface area contributed by atoms with Crippen LogP contribution in [-0.4, -0.2) is 42.7 Å². The highest BCUT2D eigenvalue weighted by molar-refractivity contribution is 7.14. The van der Waals surface area contributed by atoms with Crippen LogP contribution in [0.4, 0.5) is 10.8 Å². The summed E-state index contributed by atoms with van der Waals surface area (Å²) in [5, 5.41) is 5.24. The summed E-state index contributed by atoms with van der Waals surface area (Å²) in [6, 6.07) is 5.66. The van der Waals surface area contributed by atoms with Crippen molar-refractivity contribution in [2.45, 2.75) is 25.9 Å². The van der Waals surface area contributed by atoms with Crippen molar-refractivity contribution in [3.8, 4) is 17.0 Å². The molecule has 1 aromatic carbocycles. The number of fused-ring (bicyclic) bond motifs is 1. The summed E-state index contributed by atoms with van der Waals surface area (Å²) in [7, 11) is 0. The number of carbonyl (C=O) groups excluding carboxylic acids is 2. The van der Waals surface area contributed by atoms with Crippen molar-refractivity contribution in [1.29, 1.82) is 0 Å². The molecule has 8 heteroatoms. The minimum absolute atomic E-state index is 0.0556. The van der Waals surface area contributed by atoms with Gasteiger partial charge in [0.05, 0.1) is 11.4 Å². The fourth-order valence-electron chi connectivity index (χ4n) is 3.14. The summed E-state index contributed by atoms with van der Waals surface area (Å²) in [4.78, 5) is 30.4. The molecule has 2 aromatic rings. The molecule has 0 aliphatic carbocycles. The fraction of sp³-hybridized carbons (Fsp3) is 0.389. The molecular formula is C18H19N3O4S. The fourth-order valence-corrected chi connectivity index (χ4v) is 3.86. The lowest BCUT2D eigenvalue weighted by molar-refractivity contribution is -0.124. The Morgan fingerprint density at radius 2 is 2.35 bits per heavy atom. The lowest BCUT2D eigenvalue weighted by Crippen LogP contribution is -2.38. The number of rotatable bonds is 4. The number of nitrogens with one attached hydrogen (secondary N) is 1. The number of hydrogen-bond acceptors (Lipinski definition) is 6. The van der Waals surface area contributed by atoms with Crippen molar-refractivity contribution in [1.82, 2.24) is 4.98 Å². The molecule has 1 aromatic heterocycles. The minimum atomic E-state index is -0.382. The largest absolute Gasteiger partial charge is 0.482 e. The van der Waals surface area contributed by atoms with E-state index in [0.717, 1.165) is 29.8 Å². The molecule has 0 spiro atoms. The SMILES string of the molecule is CCN1C(=O)COc2ccc(-c3csc(NC(=O)C4CCCO4)n3)cc21. The third-order valence-corrected chi connectivity index (χ3v) is 5.23. The molecule has 1 fully saturated rings. The average Bonchev–Trinajstić information content (AvgIpc) is 3.33. The first-order valence-corrected chi connectivity index (χ1v) is 9.49. The molecule has 2 aliphatic rings. The Labute approximate surface area is 154 Å². The summed E-state index contributed by atoms with van der Waals surface area (Å²) in [5.41, 5.74) is 2.36. The van der Waals surface area contributed by atoms with Gasteiger partial charge in [0, 0.05) is 24.1 Å². The number of ether oxygens (including phenoxy) is 2. The molecule has 1 saturated heterocycles. The Morgan fingerprint density at radius 3 is 3.12 bits per heavy atom. The Morgan fingerprint density at radius 1 is 1.46 bits per heavy atom. The van der Waals surface area contributed by atoms with Gasteiger partial charge in [-0.25, -0.2) is 4.98 Å². The molecule has 136 valence electrons. The maximum Gasteiger partial charge on any atom is 0.265 e. The predicted molar refractivity (Wildman–Crippen MR) is 98.7 cm³/mol. The molecule has 1 N–H and O–H groups in total. The van der Waals surface area contributed by atoms with Gasteiger partial charge < -0.3 is 14.4 Å². The quantitative estimate of drug-likeness (QED) is 0.891. The van der Waals surface area contributed by atoms with Crippen LogP contribution in [0.2, 0.25) is 0 Å². The van der Waals surface area contributed by atoms with E-state index in [9.17, 15) is 9.59 Å². The summed E-state index contributed by atoms with van der Waals surface area (Å²) in [5.74, 6) is 0.488. The second kappa shape index (κ2) is 7.05. The zero-order valence-corrected chi connectivity index (χ0v) is 15.2. The van der Waals surface area contributed by atoms with E-state index in [-0.39, 0.29) is 24.5 Å². The Balaban J connectivity index is 1.55. The minimum Gasteiger partial charge on any atom is -0.482 e. The van der Waals surface area contributed by atoms with Crippen LogP contribution in [0.1, 0.15) is 19.8 Å². The van der Waals surface area contributed by atoms with E-state index in [1.165, 1.54) is 11.3 Å². The summed E-state index contributed by atoms with van der Waals surface area (Å²) < 4.78 is 10.9. The van der Waals surface area contributed by atoms with Crippen LogP contribution in [-0.2, 0) is 14.3 Å². The smallest absolute Gasteiger partial charge is 0.265 e. The number of thiazole rings is 1. The molecule has 0 radical (unpaired) electrons. The van der Waals surface area contributed by atoms with Crippen LogP contribution in [0.25, 0.3) is 11.3 Å². The van der Waals surface area contributed by atoms with Crippen molar-refractivity contribution >= 4 is 34.0 Å². The van der Waals surface area contributed by atoms with Crippen molar-refractivity contribution in [2.24, 2.45) is 0 Å². The van der Waals surface area contributed by atoms with E-state index in [2.05, 4.69) is 10.3 Å². The maximum atomic E-state index is 12.1. The molecule has 7 nitrogen and oxygen atoms in total. The van der Waals surface area contributed by atoms with E-state index in [1.807, 2.05) is 30.5 Å². The van der Waals surface area contributed by atoms with Crippen molar-refractivity contribution < 1.29 is 19.1 Å². The van der Waals surface area contributed by atoms with Gasteiger partial charge in [-0.1, -0.05) is 0 Å². The predicted octanol–water partition coefficient (Wildman–Crippen LogP) is 2.67. The van der Waals surface area contributed by atoms with Crippen LogP contribution in [0.15, 0.2) is 23.6 Å². The maximum absolute atomic E-state index is 12.1. The van der Waals surface area contributed by atoms with Gasteiger partial charge in [0.1, 0.15) is 11.9 Å². The highest BCUT2D eigenvalue weighted by Gasteiger charge is 2.26. The number of anilines is 2. The van der Waals surface area contributed by atoms with Crippen LogP contribution in [0.3, 0.4) is 0 Å². The lowest BCUT2D eigenvalue weighted by Gasteiger charge is -2.28. The average molecular weight is 373 g/mol. The second-order valence-electron chi connectivity index (χ2n) is 6.14. The van der Waals surface area contributed by atoms with Crippen LogP contribution >= 0.6 is 11.3 Å². The van der Waals surface area contributed by atoms with Gasteiger partial charge in [0.2, 0.25) is 0 Å². The van der Waals surface area contributed by atoms with E-state index in [4.69, 9.17) is 9.47 Å². The molecule has 4 rings (SSSR count). The van der Waals surface area contributed by atoms with E-state index in [0.29, 0.717) is 24.0 Å². The third-order valence-electron chi connectivity index (χ3n) is 4.47. The van der Waals surface area contributed by atoms with E-state index < -0.39 is 0 Å². The monoisotopic (exact) mass is 373 g/mol. The highest BCUT2D eigenvalue weighted by Crippen LogP contribution is 2.36. The first-order chi connectivity index (χ1) is 12.7. The Hall–Kier alpha value is -2.45. The standard InChI is InChI=1S/C18H19N3O4S/c1-2-21-13-8-11(5-6-14(13)25-9-16(21)22)12-10-26-18(19-12)20-17(23)15-4-3-7-24-15/h5-6,8,10,15H,2-4,7,9H2,1H3,(H,19,20,23). The van der Waals surface area contributed by atoms with Crippen molar-refractivity contribution in [3.63, 3.8) is 0 Å².